The van der Waals surface area contributed by atoms with E-state index in [9.17, 15) is 0 Å². The first-order valence-electron chi connectivity index (χ1n) is 25.5. The number of hydrogen-bond acceptors (Lipinski definition) is 2. The molecule has 9 rings (SSSR count). The van der Waals surface area contributed by atoms with Crippen LogP contribution in [0.25, 0.3) is 33.4 Å². The molecule has 2 heteroatoms. The summed E-state index contributed by atoms with van der Waals surface area (Å²) in [4.78, 5) is 4.68. The van der Waals surface area contributed by atoms with E-state index in [1.807, 2.05) is 0 Å². The summed E-state index contributed by atoms with van der Waals surface area (Å²) in [6.45, 7) is 4.64. The lowest BCUT2D eigenvalue weighted by Gasteiger charge is -2.33. The van der Waals surface area contributed by atoms with Crippen LogP contribution in [0.1, 0.15) is 115 Å². The summed E-state index contributed by atoms with van der Waals surface area (Å²) in [5, 5.41) is 0. The second kappa shape index (κ2) is 22.2. The second-order valence-corrected chi connectivity index (χ2v) is 18.7. The number of unbranched alkanes of at least 4 members (excludes halogenated alkanes) is 10. The van der Waals surface area contributed by atoms with E-state index >= 15 is 0 Å². The minimum atomic E-state index is 0.0698. The molecule has 0 heterocycles. The van der Waals surface area contributed by atoms with Crippen molar-refractivity contribution < 1.29 is 0 Å². The lowest BCUT2D eigenvalue weighted by molar-refractivity contribution is 0.398. The second-order valence-electron chi connectivity index (χ2n) is 18.7. The van der Waals surface area contributed by atoms with Gasteiger partial charge in [0.25, 0.3) is 0 Å². The Morgan fingerprint density at radius 3 is 1.04 bits per heavy atom. The average molecular weight is 877 g/mol. The van der Waals surface area contributed by atoms with Crippen LogP contribution in [-0.2, 0) is 5.41 Å². The van der Waals surface area contributed by atoms with Gasteiger partial charge in [-0.3, -0.25) is 0 Å². The van der Waals surface area contributed by atoms with Gasteiger partial charge >= 0.3 is 0 Å². The quantitative estimate of drug-likeness (QED) is 0.0626. The van der Waals surface area contributed by atoms with Gasteiger partial charge < -0.3 is 9.80 Å². The summed E-state index contributed by atoms with van der Waals surface area (Å²) < 4.78 is 0. The molecule has 0 amide bonds. The number of nitrogens with zero attached hydrogens (tertiary/aromatic N) is 2. The molecule has 0 aliphatic heterocycles. The van der Waals surface area contributed by atoms with Crippen molar-refractivity contribution in [2.45, 2.75) is 109 Å². The normalized spacial score (nSPS) is 12.4. The van der Waals surface area contributed by atoms with Crippen LogP contribution in [0.2, 0.25) is 0 Å². The van der Waals surface area contributed by atoms with Gasteiger partial charge in [-0.15, -0.1) is 0 Å². The lowest BCUT2D eigenvalue weighted by atomic mass is 9.70. The van der Waals surface area contributed by atoms with E-state index in [4.69, 9.17) is 0 Å². The lowest BCUT2D eigenvalue weighted by Crippen LogP contribution is -2.25. The van der Waals surface area contributed by atoms with Crippen LogP contribution in [0.4, 0.5) is 34.1 Å². The molecule has 0 radical (unpaired) electrons. The summed E-state index contributed by atoms with van der Waals surface area (Å²) in [7, 11) is 0. The van der Waals surface area contributed by atoms with E-state index in [0.29, 0.717) is 0 Å². The minimum absolute atomic E-state index is 0.0698. The standard InChI is InChI=1S/C65H68N2/c1-3-5-7-9-11-24-48-65(49-25-12-10-8-6-4-2)63-33-23-22-32-61(63)62-47-40-54(50-64(62)65)53-38-45-60(46-39-53)67(57-30-20-15-21-31-57)59-43-36-52(37-44-59)51-34-41-58(42-35-51)66(55-26-16-13-17-27-55)56-28-18-14-19-29-56/h13-23,26-47,50H,3-12,24-25,48-49H2,1-2H3. The molecule has 0 fully saturated rings. The van der Waals surface area contributed by atoms with E-state index in [2.05, 4.69) is 230 Å². The van der Waals surface area contributed by atoms with E-state index in [1.54, 1.807) is 11.1 Å². The molecule has 0 unspecified atom stereocenters. The zero-order valence-corrected chi connectivity index (χ0v) is 39.9. The summed E-state index contributed by atoms with van der Waals surface area (Å²) in [6.07, 6.45) is 18.4. The molecule has 1 aliphatic carbocycles. The summed E-state index contributed by atoms with van der Waals surface area (Å²) in [5.74, 6) is 0. The first kappa shape index (κ1) is 45.5. The van der Waals surface area contributed by atoms with Gasteiger partial charge in [0.2, 0.25) is 0 Å². The van der Waals surface area contributed by atoms with Crippen molar-refractivity contribution in [3.05, 3.63) is 217 Å². The molecule has 0 saturated carbocycles. The number of anilines is 6. The highest BCUT2D eigenvalue weighted by Crippen LogP contribution is 2.55. The Labute approximate surface area is 402 Å². The minimum Gasteiger partial charge on any atom is -0.311 e. The van der Waals surface area contributed by atoms with Gasteiger partial charge in [-0.05, 0) is 136 Å². The van der Waals surface area contributed by atoms with Crippen LogP contribution in [0.15, 0.2) is 206 Å². The molecule has 0 N–H and O–H groups in total. The average Bonchev–Trinajstić information content (AvgIpc) is 3.66. The topological polar surface area (TPSA) is 6.48 Å². The van der Waals surface area contributed by atoms with Gasteiger partial charge in [-0.2, -0.15) is 0 Å². The molecule has 0 saturated heterocycles. The molecule has 8 aromatic carbocycles. The molecule has 0 atom stereocenters. The zero-order valence-electron chi connectivity index (χ0n) is 39.9. The third-order valence-corrected chi connectivity index (χ3v) is 14.3. The van der Waals surface area contributed by atoms with Crippen molar-refractivity contribution in [3.8, 4) is 33.4 Å². The van der Waals surface area contributed by atoms with Crippen molar-refractivity contribution in [2.24, 2.45) is 0 Å². The van der Waals surface area contributed by atoms with E-state index in [1.165, 1.54) is 123 Å². The predicted octanol–water partition coefficient (Wildman–Crippen LogP) is 19.7. The molecule has 0 aromatic heterocycles. The van der Waals surface area contributed by atoms with Gasteiger partial charge in [-0.1, -0.05) is 218 Å². The fourth-order valence-electron chi connectivity index (χ4n) is 10.7. The smallest absolute Gasteiger partial charge is 0.0462 e. The monoisotopic (exact) mass is 877 g/mol. The van der Waals surface area contributed by atoms with Gasteiger partial charge in [0.15, 0.2) is 0 Å². The van der Waals surface area contributed by atoms with E-state index < -0.39 is 0 Å². The predicted molar refractivity (Wildman–Crippen MR) is 289 cm³/mol. The van der Waals surface area contributed by atoms with Crippen LogP contribution in [0.3, 0.4) is 0 Å². The fourth-order valence-corrected chi connectivity index (χ4v) is 10.7. The van der Waals surface area contributed by atoms with Crippen molar-refractivity contribution in [3.63, 3.8) is 0 Å². The molecule has 1 aliphatic rings. The van der Waals surface area contributed by atoms with Crippen molar-refractivity contribution in [1.82, 2.24) is 0 Å². The number of para-hydroxylation sites is 3. The Morgan fingerprint density at radius 1 is 0.284 bits per heavy atom. The zero-order chi connectivity index (χ0) is 45.7. The van der Waals surface area contributed by atoms with Crippen LogP contribution in [0.5, 0.6) is 0 Å². The highest BCUT2D eigenvalue weighted by molar-refractivity contribution is 5.85. The van der Waals surface area contributed by atoms with Crippen molar-refractivity contribution in [2.75, 3.05) is 9.80 Å². The molecule has 2 nitrogen and oxygen atoms in total. The number of benzene rings is 8. The molecule has 8 aromatic rings. The summed E-state index contributed by atoms with van der Waals surface area (Å²) in [5.41, 5.74) is 17.9. The van der Waals surface area contributed by atoms with Gasteiger partial charge in [-0.25, -0.2) is 0 Å². The Kier molecular flexibility index (Phi) is 15.1. The third kappa shape index (κ3) is 10.4. The molecule has 67 heavy (non-hydrogen) atoms. The first-order valence-corrected chi connectivity index (χ1v) is 25.5. The highest BCUT2D eigenvalue weighted by atomic mass is 15.1. The molecular weight excluding hydrogens is 809 g/mol. The maximum atomic E-state index is 2.58. The van der Waals surface area contributed by atoms with Crippen LogP contribution < -0.4 is 9.80 Å². The Morgan fingerprint density at radius 2 is 0.612 bits per heavy atom. The maximum absolute atomic E-state index is 2.58. The van der Waals surface area contributed by atoms with Crippen LogP contribution in [0, 0.1) is 0 Å². The molecular formula is C65H68N2. The van der Waals surface area contributed by atoms with Gasteiger partial charge in [0.05, 0.1) is 0 Å². The largest absolute Gasteiger partial charge is 0.311 e. The Bertz CT molecular complexity index is 2680. The number of rotatable bonds is 22. The Balaban J connectivity index is 0.984. The number of hydrogen-bond donors (Lipinski definition) is 0. The van der Waals surface area contributed by atoms with Crippen molar-refractivity contribution in [1.29, 1.82) is 0 Å². The van der Waals surface area contributed by atoms with Gasteiger partial charge in [0, 0.05) is 39.5 Å². The highest BCUT2D eigenvalue weighted by Gasteiger charge is 2.42. The molecule has 0 spiro atoms. The van der Waals surface area contributed by atoms with Crippen LogP contribution >= 0.6 is 0 Å². The van der Waals surface area contributed by atoms with E-state index in [-0.39, 0.29) is 5.41 Å². The van der Waals surface area contributed by atoms with Crippen molar-refractivity contribution >= 4 is 34.1 Å². The fraction of sp³-hybridized carbons (Fsp3) is 0.262. The first-order chi connectivity index (χ1) is 33.2. The summed E-state index contributed by atoms with van der Waals surface area (Å²) in [6, 6.07) is 76.0. The SMILES string of the molecule is CCCCCCCCC1(CCCCCCCC)c2ccccc2-c2ccc(-c3ccc(N(c4ccccc4)c4ccc(-c5ccc(N(c6ccccc6)c6ccccc6)cc5)cc4)cc3)cc21. The van der Waals surface area contributed by atoms with Crippen LogP contribution in [-0.4, -0.2) is 0 Å². The number of fused-ring (bicyclic) bond motifs is 3. The third-order valence-electron chi connectivity index (χ3n) is 14.3. The van der Waals surface area contributed by atoms with E-state index in [0.717, 1.165) is 34.1 Å². The van der Waals surface area contributed by atoms with Gasteiger partial charge in [0.1, 0.15) is 0 Å². The Hall–Kier alpha value is -6.64. The molecule has 338 valence electrons. The maximum Gasteiger partial charge on any atom is 0.0462 e. The summed E-state index contributed by atoms with van der Waals surface area (Å²) >= 11 is 0. The molecule has 0 bridgehead atoms.